The van der Waals surface area contributed by atoms with Crippen LogP contribution in [0.4, 0.5) is 0 Å². The summed E-state index contributed by atoms with van der Waals surface area (Å²) < 4.78 is 4.56. The van der Waals surface area contributed by atoms with Gasteiger partial charge in [0.1, 0.15) is 0 Å². The maximum atomic E-state index is 10.9. The molecule has 72 valence electrons. The summed E-state index contributed by atoms with van der Waals surface area (Å²) >= 11 is 1.53. The summed E-state index contributed by atoms with van der Waals surface area (Å²) in [6.45, 7) is 1.96. The quantitative estimate of drug-likeness (QED) is 0.590. The molecule has 5 heteroatoms. The van der Waals surface area contributed by atoms with Gasteiger partial charge in [-0.15, -0.1) is 0 Å². The lowest BCUT2D eigenvalue weighted by Crippen LogP contribution is -2.08. The normalized spacial score (nSPS) is 12.5. The van der Waals surface area contributed by atoms with Crippen molar-refractivity contribution in [1.82, 2.24) is 9.97 Å². The molecular formula is C8H12N2O2S. The Balaban J connectivity index is 2.33. The van der Waals surface area contributed by atoms with Crippen LogP contribution in [0.3, 0.4) is 0 Å². The van der Waals surface area contributed by atoms with Gasteiger partial charge >= 0.3 is 5.97 Å². The standard InChI is InChI=1S/C8H12N2O2S/c1-6(5-7(11)12-2)13-8-9-3-4-10-8/h3-4,6H,5H2,1-2H3,(H,9,10). The Bertz CT molecular complexity index is 261. The van der Waals surface area contributed by atoms with Crippen LogP contribution in [0.15, 0.2) is 17.6 Å². The number of aromatic nitrogens is 2. The van der Waals surface area contributed by atoms with Crippen molar-refractivity contribution in [2.75, 3.05) is 7.11 Å². The van der Waals surface area contributed by atoms with E-state index in [2.05, 4.69) is 14.7 Å². The van der Waals surface area contributed by atoms with E-state index >= 15 is 0 Å². The van der Waals surface area contributed by atoms with E-state index in [1.807, 2.05) is 6.92 Å². The highest BCUT2D eigenvalue weighted by Crippen LogP contribution is 2.21. The van der Waals surface area contributed by atoms with Crippen LogP contribution in [-0.2, 0) is 9.53 Å². The molecule has 0 aliphatic heterocycles. The van der Waals surface area contributed by atoms with Crippen molar-refractivity contribution in [2.45, 2.75) is 23.8 Å². The highest BCUT2D eigenvalue weighted by molar-refractivity contribution is 7.99. The second kappa shape index (κ2) is 4.91. The number of ether oxygens (including phenoxy) is 1. The number of H-pyrrole nitrogens is 1. The van der Waals surface area contributed by atoms with Gasteiger partial charge in [-0.2, -0.15) is 0 Å². The minimum absolute atomic E-state index is 0.179. The molecule has 1 rings (SSSR count). The molecule has 0 fully saturated rings. The van der Waals surface area contributed by atoms with Gasteiger partial charge in [0.15, 0.2) is 5.16 Å². The average molecular weight is 200 g/mol. The van der Waals surface area contributed by atoms with Crippen LogP contribution in [-0.4, -0.2) is 28.3 Å². The fourth-order valence-electron chi connectivity index (χ4n) is 0.866. The minimum atomic E-state index is -0.188. The number of hydrogen-bond donors (Lipinski definition) is 1. The summed E-state index contributed by atoms with van der Waals surface area (Å²) in [5, 5.41) is 1.01. The fourth-order valence-corrected chi connectivity index (χ4v) is 1.72. The van der Waals surface area contributed by atoms with Crippen molar-refractivity contribution in [1.29, 1.82) is 0 Å². The molecule has 4 nitrogen and oxygen atoms in total. The minimum Gasteiger partial charge on any atom is -0.469 e. The molecule has 0 amide bonds. The number of nitrogens with one attached hydrogen (secondary N) is 1. The third-order valence-electron chi connectivity index (χ3n) is 1.47. The number of thioether (sulfide) groups is 1. The third-order valence-corrected chi connectivity index (χ3v) is 2.48. The summed E-state index contributed by atoms with van der Waals surface area (Å²) in [4.78, 5) is 17.9. The Labute approximate surface area is 81.1 Å². The molecule has 1 aromatic heterocycles. The van der Waals surface area contributed by atoms with Gasteiger partial charge in [0.05, 0.1) is 13.5 Å². The van der Waals surface area contributed by atoms with Gasteiger partial charge in [0.25, 0.3) is 0 Å². The first-order valence-corrected chi connectivity index (χ1v) is 4.83. The molecule has 1 heterocycles. The Morgan fingerprint density at radius 2 is 2.62 bits per heavy atom. The predicted octanol–water partition coefficient (Wildman–Crippen LogP) is 1.45. The zero-order valence-electron chi connectivity index (χ0n) is 7.61. The summed E-state index contributed by atoms with van der Waals surface area (Å²) in [5.41, 5.74) is 0. The molecule has 0 saturated carbocycles. The molecule has 1 atom stereocenters. The maximum Gasteiger partial charge on any atom is 0.306 e. The first-order valence-electron chi connectivity index (χ1n) is 3.95. The molecule has 0 bridgehead atoms. The van der Waals surface area contributed by atoms with Gasteiger partial charge in [-0.25, -0.2) is 4.98 Å². The second-order valence-electron chi connectivity index (χ2n) is 2.60. The van der Waals surface area contributed by atoms with Gasteiger partial charge in [0, 0.05) is 17.6 Å². The third kappa shape index (κ3) is 3.50. The van der Waals surface area contributed by atoms with Crippen LogP contribution in [0.5, 0.6) is 0 Å². The van der Waals surface area contributed by atoms with Gasteiger partial charge < -0.3 is 9.72 Å². The van der Waals surface area contributed by atoms with Gasteiger partial charge in [0.2, 0.25) is 0 Å². The molecule has 13 heavy (non-hydrogen) atoms. The van der Waals surface area contributed by atoms with Crippen LogP contribution in [0.1, 0.15) is 13.3 Å². The number of rotatable bonds is 4. The smallest absolute Gasteiger partial charge is 0.306 e. The molecule has 0 aliphatic rings. The number of aromatic amines is 1. The van der Waals surface area contributed by atoms with E-state index in [4.69, 9.17) is 0 Å². The number of hydrogen-bond acceptors (Lipinski definition) is 4. The van der Waals surface area contributed by atoms with E-state index < -0.39 is 0 Å². The summed E-state index contributed by atoms with van der Waals surface area (Å²) in [6.07, 6.45) is 3.85. The first kappa shape index (κ1) is 10.1. The van der Waals surface area contributed by atoms with Crippen LogP contribution in [0.2, 0.25) is 0 Å². The number of imidazole rings is 1. The van der Waals surface area contributed by atoms with E-state index in [9.17, 15) is 4.79 Å². The second-order valence-corrected chi connectivity index (χ2v) is 4.03. The van der Waals surface area contributed by atoms with Crippen molar-refractivity contribution >= 4 is 17.7 Å². The predicted molar refractivity (Wildman–Crippen MR) is 50.5 cm³/mol. The monoisotopic (exact) mass is 200 g/mol. The summed E-state index contributed by atoms with van der Waals surface area (Å²) in [6, 6.07) is 0. The topological polar surface area (TPSA) is 55.0 Å². The van der Waals surface area contributed by atoms with Gasteiger partial charge in [-0.05, 0) is 0 Å². The number of carbonyl (C=O) groups excluding carboxylic acids is 1. The number of nitrogens with zero attached hydrogens (tertiary/aromatic N) is 1. The van der Waals surface area contributed by atoms with Crippen LogP contribution in [0.25, 0.3) is 0 Å². The average Bonchev–Trinajstić information content (AvgIpc) is 2.56. The van der Waals surface area contributed by atoms with E-state index in [1.54, 1.807) is 12.4 Å². The van der Waals surface area contributed by atoms with Crippen molar-refractivity contribution in [3.05, 3.63) is 12.4 Å². The van der Waals surface area contributed by atoms with Crippen molar-refractivity contribution in [2.24, 2.45) is 0 Å². The summed E-state index contributed by atoms with van der Waals surface area (Å²) in [7, 11) is 1.40. The van der Waals surface area contributed by atoms with E-state index in [0.717, 1.165) is 5.16 Å². The Morgan fingerprint density at radius 1 is 1.85 bits per heavy atom. The fraction of sp³-hybridized carbons (Fsp3) is 0.500. The molecule has 0 spiro atoms. The Kier molecular flexibility index (Phi) is 3.82. The lowest BCUT2D eigenvalue weighted by molar-refractivity contribution is -0.140. The molecule has 1 N–H and O–H groups in total. The molecule has 1 aromatic rings. The Morgan fingerprint density at radius 3 is 3.15 bits per heavy atom. The molecule has 1 unspecified atom stereocenters. The number of methoxy groups -OCH3 is 1. The molecule has 0 radical (unpaired) electrons. The molecule has 0 aliphatic carbocycles. The van der Waals surface area contributed by atoms with Crippen LogP contribution in [0, 0.1) is 0 Å². The molecule has 0 aromatic carbocycles. The number of esters is 1. The SMILES string of the molecule is COC(=O)CC(C)Sc1ncc[nH]1. The van der Waals surface area contributed by atoms with Crippen LogP contribution < -0.4 is 0 Å². The highest BCUT2D eigenvalue weighted by atomic mass is 32.2. The zero-order valence-corrected chi connectivity index (χ0v) is 8.43. The van der Waals surface area contributed by atoms with Crippen molar-refractivity contribution in [3.8, 4) is 0 Å². The van der Waals surface area contributed by atoms with Gasteiger partial charge in [-0.3, -0.25) is 4.79 Å². The maximum absolute atomic E-state index is 10.9. The van der Waals surface area contributed by atoms with E-state index in [1.165, 1.54) is 18.9 Å². The largest absolute Gasteiger partial charge is 0.469 e. The van der Waals surface area contributed by atoms with Gasteiger partial charge in [-0.1, -0.05) is 18.7 Å². The molecule has 0 saturated heterocycles. The van der Waals surface area contributed by atoms with Crippen molar-refractivity contribution < 1.29 is 9.53 Å². The zero-order chi connectivity index (χ0) is 9.68. The lowest BCUT2D eigenvalue weighted by Gasteiger charge is -2.06. The lowest BCUT2D eigenvalue weighted by atomic mass is 10.3. The van der Waals surface area contributed by atoms with E-state index in [-0.39, 0.29) is 11.2 Å². The van der Waals surface area contributed by atoms with Crippen molar-refractivity contribution in [3.63, 3.8) is 0 Å². The highest BCUT2D eigenvalue weighted by Gasteiger charge is 2.11. The van der Waals surface area contributed by atoms with E-state index in [0.29, 0.717) is 6.42 Å². The summed E-state index contributed by atoms with van der Waals surface area (Å²) in [5.74, 6) is -0.188. The molecular weight excluding hydrogens is 188 g/mol. The van der Waals surface area contributed by atoms with Crippen LogP contribution >= 0.6 is 11.8 Å². The number of carbonyl (C=O) groups is 1. The Hall–Kier alpha value is -0.970. The first-order chi connectivity index (χ1) is 6.22.